The van der Waals surface area contributed by atoms with E-state index in [1.54, 1.807) is 6.07 Å². The van der Waals surface area contributed by atoms with Crippen LogP contribution in [0.3, 0.4) is 0 Å². The third kappa shape index (κ3) is 1.71. The van der Waals surface area contributed by atoms with Gasteiger partial charge in [-0.1, -0.05) is 6.42 Å². The summed E-state index contributed by atoms with van der Waals surface area (Å²) in [4.78, 5) is 23.5. The minimum Gasteiger partial charge on any atom is -0.450 e. The second-order valence-electron chi connectivity index (χ2n) is 7.11. The summed E-state index contributed by atoms with van der Waals surface area (Å²) >= 11 is 0. The number of aldehydes is 1. The molecule has 2 aliphatic rings. The zero-order valence-electron chi connectivity index (χ0n) is 13.5. The summed E-state index contributed by atoms with van der Waals surface area (Å²) in [5.41, 5.74) is 2.86. The van der Waals surface area contributed by atoms with Crippen LogP contribution in [0.4, 0.5) is 0 Å². The molecule has 2 fully saturated rings. The van der Waals surface area contributed by atoms with Gasteiger partial charge in [0.15, 0.2) is 23.6 Å². The number of aromatic amines is 1. The molecule has 4 aromatic rings. The lowest BCUT2D eigenvalue weighted by Gasteiger charge is -2.10. The molecule has 1 unspecified atom stereocenters. The maximum Gasteiger partial charge on any atom is 0.185 e. The molecule has 124 valence electrons. The molecule has 0 saturated heterocycles. The number of aromatic nitrogens is 4. The molecule has 25 heavy (non-hydrogen) atoms. The van der Waals surface area contributed by atoms with Gasteiger partial charge in [0.25, 0.3) is 0 Å². The third-order valence-electron chi connectivity index (χ3n) is 5.86. The van der Waals surface area contributed by atoms with Crippen LogP contribution >= 0.6 is 0 Å². The first-order chi connectivity index (χ1) is 12.3. The number of nitrogens with zero attached hydrogens (tertiary/aromatic N) is 3. The molecule has 6 nitrogen and oxygen atoms in total. The molecular formula is C19H16N4O2. The van der Waals surface area contributed by atoms with Gasteiger partial charge < -0.3 is 14.0 Å². The fourth-order valence-corrected chi connectivity index (χ4v) is 4.76. The van der Waals surface area contributed by atoms with Crippen molar-refractivity contribution >= 4 is 28.4 Å². The monoisotopic (exact) mass is 332 g/mol. The van der Waals surface area contributed by atoms with Crippen LogP contribution in [0.25, 0.3) is 33.7 Å². The summed E-state index contributed by atoms with van der Waals surface area (Å²) in [6.07, 6.45) is 8.36. The molecule has 6 rings (SSSR count). The molecule has 0 aromatic carbocycles. The first-order valence-electron chi connectivity index (χ1n) is 8.74. The van der Waals surface area contributed by atoms with Crippen molar-refractivity contribution in [1.29, 1.82) is 0 Å². The Hall–Kier alpha value is -2.89. The Balaban J connectivity index is 1.66. The molecule has 0 aliphatic heterocycles. The summed E-state index contributed by atoms with van der Waals surface area (Å²) in [5, 5.41) is 1.09. The quantitative estimate of drug-likeness (QED) is 0.576. The highest BCUT2D eigenvalue weighted by Crippen LogP contribution is 2.62. The minimum atomic E-state index is 0.328. The number of imidazole rings is 1. The molecule has 0 bridgehead atoms. The van der Waals surface area contributed by atoms with E-state index in [1.165, 1.54) is 19.3 Å². The number of nitrogens with one attached hydrogen (secondary N) is 1. The van der Waals surface area contributed by atoms with E-state index in [9.17, 15) is 4.79 Å². The summed E-state index contributed by atoms with van der Waals surface area (Å²) in [6.45, 7) is 0. The van der Waals surface area contributed by atoms with E-state index < -0.39 is 0 Å². The van der Waals surface area contributed by atoms with Crippen LogP contribution < -0.4 is 0 Å². The Morgan fingerprint density at radius 2 is 2.12 bits per heavy atom. The number of rotatable bonds is 3. The largest absolute Gasteiger partial charge is 0.450 e. The van der Waals surface area contributed by atoms with Crippen molar-refractivity contribution in [2.24, 2.45) is 11.8 Å². The molecule has 2 aliphatic carbocycles. The Morgan fingerprint density at radius 3 is 2.92 bits per heavy atom. The lowest BCUT2D eigenvalue weighted by molar-refractivity contribution is 0.110. The van der Waals surface area contributed by atoms with E-state index in [2.05, 4.69) is 20.6 Å². The van der Waals surface area contributed by atoms with Crippen molar-refractivity contribution < 1.29 is 9.21 Å². The highest BCUT2D eigenvalue weighted by molar-refractivity contribution is 6.02. The highest BCUT2D eigenvalue weighted by Gasteiger charge is 2.55. The van der Waals surface area contributed by atoms with E-state index >= 15 is 0 Å². The molecule has 0 spiro atoms. The number of pyridine rings is 1. The molecular weight excluding hydrogens is 316 g/mol. The second-order valence-corrected chi connectivity index (χ2v) is 7.11. The number of H-pyrrole nitrogens is 1. The van der Waals surface area contributed by atoms with Gasteiger partial charge in [0.2, 0.25) is 0 Å². The lowest BCUT2D eigenvalue weighted by Crippen LogP contribution is -2.02. The molecule has 4 heterocycles. The second kappa shape index (κ2) is 4.59. The molecule has 4 aromatic heterocycles. The third-order valence-corrected chi connectivity index (χ3v) is 5.86. The average Bonchev–Trinajstić information content (AvgIpc) is 3.23. The zero-order valence-corrected chi connectivity index (χ0v) is 13.5. The Kier molecular flexibility index (Phi) is 2.46. The standard InChI is InChI=1S/C19H16N4O2/c24-9-10-4-5-15(25-10)19-22-14-8-21-18-13(6-7-20-18)17(14)23(19)16-11-2-1-3-12(11)16/h4-9,11-12,16H,1-3H2,(H,20,21)/t11-,12+,16?. The lowest BCUT2D eigenvalue weighted by atomic mass is 10.2. The molecule has 1 N–H and O–H groups in total. The first kappa shape index (κ1) is 13.4. The van der Waals surface area contributed by atoms with Crippen molar-refractivity contribution in [2.45, 2.75) is 25.3 Å². The first-order valence-corrected chi connectivity index (χ1v) is 8.74. The molecule has 3 atom stereocenters. The summed E-state index contributed by atoms with van der Waals surface area (Å²) < 4.78 is 8.05. The summed E-state index contributed by atoms with van der Waals surface area (Å²) in [7, 11) is 0. The normalized spacial score (nSPS) is 24.9. The number of furan rings is 1. The van der Waals surface area contributed by atoms with Gasteiger partial charge in [0.05, 0.1) is 11.7 Å². The van der Waals surface area contributed by atoms with Crippen molar-refractivity contribution in [3.63, 3.8) is 0 Å². The van der Waals surface area contributed by atoms with Crippen LogP contribution in [-0.2, 0) is 0 Å². The summed E-state index contributed by atoms with van der Waals surface area (Å²) in [6, 6.07) is 6.06. The van der Waals surface area contributed by atoms with Gasteiger partial charge in [-0.25, -0.2) is 9.97 Å². The number of carbonyl (C=O) groups is 1. The van der Waals surface area contributed by atoms with E-state index in [1.807, 2.05) is 18.5 Å². The predicted octanol–water partition coefficient (Wildman–Crippen LogP) is 3.96. The molecule has 2 saturated carbocycles. The van der Waals surface area contributed by atoms with Crippen molar-refractivity contribution in [3.8, 4) is 11.6 Å². The minimum absolute atomic E-state index is 0.328. The molecule has 6 heteroatoms. The van der Waals surface area contributed by atoms with Gasteiger partial charge in [-0.15, -0.1) is 0 Å². The smallest absolute Gasteiger partial charge is 0.185 e. The maximum atomic E-state index is 11.0. The Labute approximate surface area is 142 Å². The number of fused-ring (bicyclic) bond motifs is 4. The van der Waals surface area contributed by atoms with Crippen molar-refractivity contribution in [3.05, 3.63) is 36.4 Å². The van der Waals surface area contributed by atoms with Crippen LogP contribution in [0.15, 0.2) is 35.0 Å². The highest BCUT2D eigenvalue weighted by atomic mass is 16.3. The van der Waals surface area contributed by atoms with Crippen molar-refractivity contribution in [2.75, 3.05) is 0 Å². The van der Waals surface area contributed by atoms with Gasteiger partial charge in [-0.2, -0.15) is 0 Å². The Morgan fingerprint density at radius 1 is 1.24 bits per heavy atom. The van der Waals surface area contributed by atoms with Crippen molar-refractivity contribution in [1.82, 2.24) is 19.5 Å². The predicted molar refractivity (Wildman–Crippen MR) is 92.3 cm³/mol. The van der Waals surface area contributed by atoms with E-state index in [0.717, 1.165) is 46.0 Å². The Bertz CT molecular complexity index is 1130. The average molecular weight is 332 g/mol. The van der Waals surface area contributed by atoms with E-state index in [4.69, 9.17) is 9.40 Å². The topological polar surface area (TPSA) is 76.7 Å². The number of carbonyl (C=O) groups excluding carboxylic acids is 1. The van der Waals surface area contributed by atoms with Crippen LogP contribution in [0, 0.1) is 11.8 Å². The van der Waals surface area contributed by atoms with Crippen LogP contribution in [-0.4, -0.2) is 25.8 Å². The molecule has 0 radical (unpaired) electrons. The fraction of sp³-hybridized carbons (Fsp3) is 0.316. The molecule has 0 amide bonds. The van der Waals surface area contributed by atoms with E-state index in [0.29, 0.717) is 17.6 Å². The van der Waals surface area contributed by atoms with Gasteiger partial charge in [0.1, 0.15) is 11.2 Å². The number of hydrogen-bond acceptors (Lipinski definition) is 4. The summed E-state index contributed by atoms with van der Waals surface area (Å²) in [5.74, 6) is 3.25. The van der Waals surface area contributed by atoms with Gasteiger partial charge in [-0.05, 0) is 42.9 Å². The van der Waals surface area contributed by atoms with Crippen LogP contribution in [0.2, 0.25) is 0 Å². The van der Waals surface area contributed by atoms with Crippen LogP contribution in [0.1, 0.15) is 35.9 Å². The maximum absolute atomic E-state index is 11.0. The zero-order chi connectivity index (χ0) is 16.5. The van der Waals surface area contributed by atoms with Crippen LogP contribution in [0.5, 0.6) is 0 Å². The van der Waals surface area contributed by atoms with E-state index in [-0.39, 0.29) is 0 Å². The van der Waals surface area contributed by atoms with Gasteiger partial charge >= 0.3 is 0 Å². The van der Waals surface area contributed by atoms with Gasteiger partial charge in [0, 0.05) is 17.6 Å². The fourth-order valence-electron chi connectivity index (χ4n) is 4.76. The van der Waals surface area contributed by atoms with Gasteiger partial charge in [-0.3, -0.25) is 4.79 Å². The SMILES string of the molecule is O=Cc1ccc(-c2nc3cnc4[nH]ccc4c3n2C2[C@H]3CCC[C@@H]23)o1. The number of hydrogen-bond donors (Lipinski definition) is 1.